The zero-order valence-electron chi connectivity index (χ0n) is 25.2. The fourth-order valence-electron chi connectivity index (χ4n) is 4.31. The molecule has 8 heteroatoms. The molecule has 0 saturated heterocycles. The van der Waals surface area contributed by atoms with E-state index in [0.29, 0.717) is 22.9 Å². The molecular weight excluding hydrogens is 509 g/mol. The van der Waals surface area contributed by atoms with Crippen molar-refractivity contribution in [1.82, 2.24) is 4.90 Å². The Morgan fingerprint density at radius 3 is 1.87 bits per heavy atom. The van der Waals surface area contributed by atoms with E-state index in [-0.39, 0.29) is 28.0 Å². The Balaban J connectivity index is 2.01. The molecule has 6 nitrogen and oxygen atoms in total. The summed E-state index contributed by atoms with van der Waals surface area (Å²) in [5, 5.41) is -0.00571. The molecular formula is C30H48N2O4Si2. The quantitative estimate of drug-likeness (QED) is 0.140. The summed E-state index contributed by atoms with van der Waals surface area (Å²) in [5.74, 6) is -0.00207. The minimum Gasteiger partial charge on any atom is -0.530 e. The molecule has 1 atom stereocenters. The van der Waals surface area contributed by atoms with Crippen molar-refractivity contribution in [2.45, 2.75) is 116 Å². The van der Waals surface area contributed by atoms with Gasteiger partial charge in [0.25, 0.3) is 20.1 Å². The average Bonchev–Trinajstić information content (AvgIpc) is 3.05. The summed E-state index contributed by atoms with van der Waals surface area (Å²) >= 11 is 0. The molecule has 2 aliphatic rings. The maximum Gasteiger partial charge on any atom is 0.265 e. The van der Waals surface area contributed by atoms with Crippen LogP contribution >= 0.6 is 0 Å². The summed E-state index contributed by atoms with van der Waals surface area (Å²) in [6.07, 6.45) is 9.16. The van der Waals surface area contributed by atoms with Crippen LogP contribution in [0.15, 0.2) is 41.3 Å². The van der Waals surface area contributed by atoms with Crippen LogP contribution < -0.4 is 0 Å². The Hall–Kier alpha value is -2.04. The lowest BCUT2D eigenvalue weighted by Crippen LogP contribution is -2.46. The first-order chi connectivity index (χ1) is 17.4. The van der Waals surface area contributed by atoms with Crippen molar-refractivity contribution in [3.63, 3.8) is 0 Å². The summed E-state index contributed by atoms with van der Waals surface area (Å²) in [6, 6.07) is 6.92. The van der Waals surface area contributed by atoms with Crippen molar-refractivity contribution in [3.05, 3.63) is 47.5 Å². The van der Waals surface area contributed by atoms with Gasteiger partial charge < -0.3 is 8.85 Å². The van der Waals surface area contributed by atoms with Crippen molar-refractivity contribution in [2.24, 2.45) is 10.9 Å². The van der Waals surface area contributed by atoms with E-state index in [2.05, 4.69) is 67.7 Å². The number of benzene rings is 1. The zero-order chi connectivity index (χ0) is 28.5. The minimum atomic E-state index is -2.32. The Morgan fingerprint density at radius 2 is 1.39 bits per heavy atom. The van der Waals surface area contributed by atoms with Crippen molar-refractivity contribution in [1.29, 1.82) is 0 Å². The van der Waals surface area contributed by atoms with Crippen LogP contribution in [0.3, 0.4) is 0 Å². The van der Waals surface area contributed by atoms with Gasteiger partial charge in [-0.05, 0) is 67.2 Å². The van der Waals surface area contributed by atoms with Gasteiger partial charge in [-0.2, -0.15) is 0 Å². The van der Waals surface area contributed by atoms with Crippen molar-refractivity contribution in [2.75, 3.05) is 0 Å². The van der Waals surface area contributed by atoms with Crippen molar-refractivity contribution >= 4 is 34.7 Å². The number of fused-ring (bicyclic) bond motifs is 1. The molecule has 1 fully saturated rings. The second-order valence-electron chi connectivity index (χ2n) is 13.9. The third kappa shape index (κ3) is 6.75. The van der Waals surface area contributed by atoms with Gasteiger partial charge in [0.05, 0.1) is 23.4 Å². The summed E-state index contributed by atoms with van der Waals surface area (Å²) in [7, 11) is -4.38. The lowest BCUT2D eigenvalue weighted by atomic mass is 9.86. The predicted molar refractivity (Wildman–Crippen MR) is 160 cm³/mol. The number of nitrogens with zero attached hydrogens (tertiary/aromatic N) is 2. The fourth-order valence-corrected chi connectivity index (χ4v) is 6.53. The number of imide groups is 1. The van der Waals surface area contributed by atoms with Crippen LogP contribution in [0, 0.1) is 5.92 Å². The Bertz CT molecular complexity index is 1060. The van der Waals surface area contributed by atoms with Gasteiger partial charge in [-0.1, -0.05) is 72.9 Å². The van der Waals surface area contributed by atoms with Gasteiger partial charge in [0.1, 0.15) is 0 Å². The maximum absolute atomic E-state index is 13.1. The van der Waals surface area contributed by atoms with Crippen LogP contribution in [0.2, 0.25) is 36.3 Å². The van der Waals surface area contributed by atoms with Gasteiger partial charge in [-0.3, -0.25) is 9.59 Å². The van der Waals surface area contributed by atoms with Crippen LogP contribution in [0.1, 0.15) is 94.4 Å². The van der Waals surface area contributed by atoms with E-state index >= 15 is 0 Å². The van der Waals surface area contributed by atoms with Gasteiger partial charge in [-0.25, -0.2) is 9.89 Å². The van der Waals surface area contributed by atoms with E-state index in [1.807, 2.05) is 6.21 Å². The highest BCUT2D eigenvalue weighted by Crippen LogP contribution is 2.40. The molecule has 1 heterocycles. The Kier molecular flexibility index (Phi) is 9.00. The van der Waals surface area contributed by atoms with Gasteiger partial charge in [-0.15, -0.1) is 0 Å². The summed E-state index contributed by atoms with van der Waals surface area (Å²) < 4.78 is 13.5. The predicted octanol–water partition coefficient (Wildman–Crippen LogP) is 8.14. The molecule has 0 radical (unpaired) electrons. The second-order valence-corrected chi connectivity index (χ2v) is 23.4. The van der Waals surface area contributed by atoms with Crippen molar-refractivity contribution < 1.29 is 18.4 Å². The van der Waals surface area contributed by atoms with E-state index in [1.54, 1.807) is 24.3 Å². The van der Waals surface area contributed by atoms with Crippen LogP contribution in [0.4, 0.5) is 0 Å². The SMILES string of the molecule is CC(C)(C)[Si](C)(C)OC(=C/N1C(=O)c2ccccc2C1=O)/N=C/[C@@H](O[Si](C)(C)C(C)(C)C)C1CCCCC1. The maximum atomic E-state index is 13.1. The highest BCUT2D eigenvalue weighted by atomic mass is 28.4. The minimum absolute atomic E-state index is 0.0736. The van der Waals surface area contributed by atoms with Gasteiger partial charge >= 0.3 is 0 Å². The van der Waals surface area contributed by atoms with Gasteiger partial charge in [0, 0.05) is 6.21 Å². The largest absolute Gasteiger partial charge is 0.530 e. The molecule has 0 spiro atoms. The normalized spacial score (nSPS) is 19.3. The monoisotopic (exact) mass is 556 g/mol. The van der Waals surface area contributed by atoms with E-state index < -0.39 is 16.6 Å². The van der Waals surface area contributed by atoms with Gasteiger partial charge in [0.2, 0.25) is 5.88 Å². The number of aliphatic imine (C=N–C) groups is 1. The molecule has 3 rings (SSSR count). The molecule has 2 amide bonds. The first kappa shape index (κ1) is 30.5. The number of carbonyl (C=O) groups excluding carboxylic acids is 2. The van der Waals surface area contributed by atoms with Crippen LogP contribution in [-0.2, 0) is 8.85 Å². The van der Waals surface area contributed by atoms with Crippen molar-refractivity contribution in [3.8, 4) is 0 Å². The second kappa shape index (κ2) is 11.2. The van der Waals surface area contributed by atoms with E-state index in [1.165, 1.54) is 25.5 Å². The standard InChI is InChI=1S/C30H48N2O4Si2/c1-29(2,3)37(7,8)35-25(22-16-12-11-13-17-22)20-31-26(36-38(9,10)30(4,5)6)21-32-27(33)23-18-14-15-19-24(23)28(32)34/h14-15,18-22,25H,11-13,16-17H2,1-10H3/b26-21+,31-20+/t25-/m1/s1. The smallest absolute Gasteiger partial charge is 0.265 e. The molecule has 1 aromatic rings. The number of amides is 2. The average molecular weight is 557 g/mol. The number of carbonyl (C=O) groups is 2. The lowest BCUT2D eigenvalue weighted by Gasteiger charge is -2.41. The number of hydrogen-bond donors (Lipinski definition) is 0. The van der Waals surface area contributed by atoms with Crippen LogP contribution in [0.25, 0.3) is 0 Å². The summed E-state index contributed by atoms with van der Waals surface area (Å²) in [6.45, 7) is 22.1. The van der Waals surface area contributed by atoms with Crippen LogP contribution in [0.5, 0.6) is 0 Å². The number of hydrogen-bond acceptors (Lipinski definition) is 5. The molecule has 0 unspecified atom stereocenters. The van der Waals surface area contributed by atoms with Crippen LogP contribution in [-0.4, -0.2) is 45.7 Å². The Morgan fingerprint density at radius 1 is 0.895 bits per heavy atom. The molecule has 38 heavy (non-hydrogen) atoms. The highest BCUT2D eigenvalue weighted by Gasteiger charge is 2.42. The highest BCUT2D eigenvalue weighted by molar-refractivity contribution is 6.74. The lowest BCUT2D eigenvalue weighted by molar-refractivity contribution is 0.0715. The molecule has 0 bridgehead atoms. The molecule has 0 N–H and O–H groups in total. The molecule has 1 aliphatic heterocycles. The van der Waals surface area contributed by atoms with E-state index in [0.717, 1.165) is 17.7 Å². The van der Waals surface area contributed by atoms with E-state index in [4.69, 9.17) is 13.8 Å². The molecule has 210 valence electrons. The fraction of sp³-hybridized carbons (Fsp3) is 0.633. The zero-order valence-corrected chi connectivity index (χ0v) is 27.2. The first-order valence-corrected chi connectivity index (χ1v) is 19.9. The molecule has 0 aromatic heterocycles. The summed E-state index contributed by atoms with van der Waals surface area (Å²) in [4.78, 5) is 32.3. The van der Waals surface area contributed by atoms with E-state index in [9.17, 15) is 9.59 Å². The molecule has 1 aromatic carbocycles. The Labute approximate surface area is 232 Å². The topological polar surface area (TPSA) is 68.2 Å². The summed E-state index contributed by atoms with van der Waals surface area (Å²) in [5.41, 5.74) is 0.816. The number of rotatable bonds is 8. The molecule has 1 saturated carbocycles. The van der Waals surface area contributed by atoms with Gasteiger partial charge in [0.15, 0.2) is 8.32 Å². The first-order valence-electron chi connectivity index (χ1n) is 14.0. The molecule has 1 aliphatic carbocycles. The third-order valence-corrected chi connectivity index (χ3v) is 17.7. The third-order valence-electron chi connectivity index (χ3n) is 8.93.